The third-order valence-corrected chi connectivity index (χ3v) is 23.3. The molecule has 0 amide bonds. The van der Waals surface area contributed by atoms with Crippen molar-refractivity contribution in [3.8, 4) is 23.0 Å². The summed E-state index contributed by atoms with van der Waals surface area (Å²) in [5.41, 5.74) is 7.81. The van der Waals surface area contributed by atoms with Gasteiger partial charge in [-0.25, -0.2) is 0 Å². The molecular weight excluding hydrogens is 1490 g/mol. The summed E-state index contributed by atoms with van der Waals surface area (Å²) >= 11 is 0. The number of carboxylic acid groups (broad SMARTS) is 2. The van der Waals surface area contributed by atoms with E-state index in [4.69, 9.17) is 9.98 Å². The van der Waals surface area contributed by atoms with Gasteiger partial charge in [0.25, 0.3) is 0 Å². The van der Waals surface area contributed by atoms with E-state index in [1.807, 2.05) is 13.8 Å². The fourth-order valence-electron chi connectivity index (χ4n) is 15.8. The van der Waals surface area contributed by atoms with E-state index in [2.05, 4.69) is 101 Å². The quantitative estimate of drug-likeness (QED) is 0.0111. The van der Waals surface area contributed by atoms with Crippen LogP contribution in [0.1, 0.15) is 495 Å². The van der Waals surface area contributed by atoms with Gasteiger partial charge < -0.3 is 40.2 Å². The molecule has 0 heterocycles. The Morgan fingerprint density at radius 2 is 0.487 bits per heavy atom. The van der Waals surface area contributed by atoms with E-state index in [1.165, 1.54) is 368 Å². The zero-order chi connectivity index (χ0) is 84.0. The second kappa shape index (κ2) is 80.1. The van der Waals surface area contributed by atoms with Crippen molar-refractivity contribution in [1.82, 2.24) is 0 Å². The van der Waals surface area contributed by atoms with Crippen LogP contribution in [0.5, 0.6) is 23.0 Å². The minimum Gasteiger partial charge on any atom is -0.545 e. The van der Waals surface area contributed by atoms with Crippen LogP contribution in [0.4, 0.5) is 11.4 Å². The average Bonchev–Trinajstić information content (AvgIpc) is 0.830. The van der Waals surface area contributed by atoms with Crippen molar-refractivity contribution in [2.75, 3.05) is 0 Å². The molecule has 0 aliphatic carbocycles. The predicted molar refractivity (Wildman–Crippen MR) is 498 cm³/mol. The molecule has 0 atom stereocenters. The molecule has 666 valence electrons. The van der Waals surface area contributed by atoms with Crippen LogP contribution in [0.25, 0.3) is 0 Å². The molecule has 0 bridgehead atoms. The number of rotatable bonds is 75. The molecule has 0 aliphatic heterocycles. The van der Waals surface area contributed by atoms with Crippen LogP contribution in [-0.4, -0.2) is 43.8 Å². The summed E-state index contributed by atoms with van der Waals surface area (Å²) in [6.45, 7) is 13.3. The number of hydrogen-bond acceptors (Lipinski definition) is 10. The largest absolute Gasteiger partial charge is 2.00 e. The first-order valence-electron chi connectivity index (χ1n) is 49.0. The van der Waals surface area contributed by atoms with Gasteiger partial charge in [-0.3, -0.25) is 9.98 Å². The Kier molecular flexibility index (Phi) is 74.8. The number of carbonyl (C=O) groups is 2. The molecule has 4 rings (SSSR count). The fraction of sp³-hybridized carbons (Fsp3) is 0.698. The van der Waals surface area contributed by atoms with Gasteiger partial charge in [-0.05, 0) is 149 Å². The van der Waals surface area contributed by atoms with Gasteiger partial charge in [-0.2, -0.15) is 0 Å². The van der Waals surface area contributed by atoms with Crippen molar-refractivity contribution in [2.45, 2.75) is 478 Å². The van der Waals surface area contributed by atoms with Crippen molar-refractivity contribution < 1.29 is 56.7 Å². The maximum Gasteiger partial charge on any atom is 2.00 e. The number of para-hydroxylation sites is 2. The number of aromatic carboxylic acids is 2. The van der Waals surface area contributed by atoms with Crippen molar-refractivity contribution in [1.29, 1.82) is 0 Å². The maximum atomic E-state index is 10.8. The van der Waals surface area contributed by atoms with Gasteiger partial charge in [-0.1, -0.05) is 448 Å². The Morgan fingerprint density at radius 3 is 0.735 bits per heavy atom. The van der Waals surface area contributed by atoms with Crippen LogP contribution in [0.3, 0.4) is 0 Å². The first-order valence-corrected chi connectivity index (χ1v) is 49.0. The molecule has 0 unspecified atom stereocenters. The van der Waals surface area contributed by atoms with E-state index >= 15 is 0 Å². The van der Waals surface area contributed by atoms with Crippen LogP contribution < -0.4 is 10.2 Å². The first-order chi connectivity index (χ1) is 56.9. The Balaban J connectivity index is 0.00000169. The SMILES string of the molecule is CCCCCCCCCCCCCCCCCCCCCCCCCCC=CCCc1ccccc1N=C(CCCC)C(CCCC)=Nc1ccccc1CCC=CCCCCCCCCCCCCCCCCCCCCCCCCCC.CCCCCc1ccc(O)c(O)c1C(=O)[O-].CCCCCc1ccc(O)c(O)c1C(=O)[O-].[Ni+2]. The average molecular weight is 1660 g/mol. The van der Waals surface area contributed by atoms with Crippen LogP contribution in [0.2, 0.25) is 0 Å². The molecule has 0 radical (unpaired) electrons. The number of phenols is 4. The second-order valence-corrected chi connectivity index (χ2v) is 33.9. The Labute approximate surface area is 728 Å². The van der Waals surface area contributed by atoms with Gasteiger partial charge in [0.05, 0.1) is 34.7 Å². The second-order valence-electron chi connectivity index (χ2n) is 33.9. The number of carboxylic acids is 2. The standard InChI is InChI=1S/C82H144N2.2C12H16O4.Ni/c1-5-9-13-15-17-19-21-23-25-27-29-31-33-35-37-39-41-43-45-47-49-51-53-55-57-59-61-63-69-77-71-65-67-75-79(77)83-81(73-11-7-3)82(74-12-8-4)84-80-76-68-66-72-78(80)70-64-62-60-58-56-54-52-50-48-46-44-42-40-38-36-34-32-30-28-26-24-22-20-18-16-14-10-6-2;2*1-2-3-4-5-8-6-7-9(13)11(14)10(8)12(15)16;/h59-62,65-68,71-72,75-76H,5-58,63-64,69-70,73-74H2,1-4H3;2*6-7,13-14H,2-5H2,1H3,(H,15,16);/q;;;+2/p-2. The topological polar surface area (TPSA) is 186 Å². The molecule has 0 saturated heterocycles. The van der Waals surface area contributed by atoms with Crippen LogP contribution in [0.15, 0.2) is 107 Å². The summed E-state index contributed by atoms with van der Waals surface area (Å²) < 4.78 is 0. The van der Waals surface area contributed by atoms with Gasteiger partial charge in [-0.15, -0.1) is 0 Å². The number of nitrogens with zero attached hydrogens (tertiary/aromatic N) is 2. The zero-order valence-electron chi connectivity index (χ0n) is 76.0. The zero-order valence-corrected chi connectivity index (χ0v) is 76.9. The smallest absolute Gasteiger partial charge is 0.545 e. The van der Waals surface area contributed by atoms with E-state index in [-0.39, 0.29) is 27.6 Å². The molecule has 117 heavy (non-hydrogen) atoms. The monoisotopic (exact) mass is 1660 g/mol. The first kappa shape index (κ1) is 109. The molecular formula is C106H174N2NiO8. The minimum atomic E-state index is -1.46. The van der Waals surface area contributed by atoms with Gasteiger partial charge in [0.15, 0.2) is 23.0 Å². The predicted octanol–water partition coefficient (Wildman–Crippen LogP) is 31.8. The van der Waals surface area contributed by atoms with E-state index in [0.29, 0.717) is 24.0 Å². The number of phenolic OH excluding ortho intramolecular Hbond substituents is 2. The summed E-state index contributed by atoms with van der Waals surface area (Å²) in [6, 6.07) is 23.5. The van der Waals surface area contributed by atoms with Gasteiger partial charge in [0.1, 0.15) is 0 Å². The summed E-state index contributed by atoms with van der Waals surface area (Å²) in [5, 5.41) is 59.0. The number of aryl methyl sites for hydroxylation is 4. The normalized spacial score (nSPS) is 11.7. The van der Waals surface area contributed by atoms with Crippen molar-refractivity contribution in [3.05, 3.63) is 130 Å². The molecule has 11 heteroatoms. The van der Waals surface area contributed by atoms with Gasteiger partial charge in [0, 0.05) is 11.1 Å². The fourth-order valence-corrected chi connectivity index (χ4v) is 15.8. The Bertz CT molecular complexity index is 2910. The third-order valence-electron chi connectivity index (χ3n) is 23.3. The molecule has 0 saturated carbocycles. The Hall–Kier alpha value is -5.67. The number of hydrogen-bond donors (Lipinski definition) is 4. The van der Waals surface area contributed by atoms with Crippen molar-refractivity contribution in [3.63, 3.8) is 0 Å². The molecule has 0 aromatic heterocycles. The van der Waals surface area contributed by atoms with Gasteiger partial charge in [0.2, 0.25) is 0 Å². The Morgan fingerprint density at radius 1 is 0.265 bits per heavy atom. The van der Waals surface area contributed by atoms with Crippen molar-refractivity contribution >= 4 is 34.7 Å². The maximum absolute atomic E-state index is 10.8. The van der Waals surface area contributed by atoms with E-state index < -0.39 is 34.9 Å². The van der Waals surface area contributed by atoms with E-state index in [9.17, 15) is 40.2 Å². The third kappa shape index (κ3) is 58.9. The molecule has 0 fully saturated rings. The van der Waals surface area contributed by atoms with Crippen LogP contribution >= 0.6 is 0 Å². The number of allylic oxidation sites excluding steroid dienone is 4. The van der Waals surface area contributed by atoms with Crippen LogP contribution in [0, 0.1) is 0 Å². The van der Waals surface area contributed by atoms with Crippen molar-refractivity contribution in [2.24, 2.45) is 9.98 Å². The summed E-state index contributed by atoms with van der Waals surface area (Å²) in [7, 11) is 0. The number of carbonyl (C=O) groups excluding carboxylic acids is 2. The number of benzene rings is 4. The molecule has 0 spiro atoms. The molecule has 4 N–H and O–H groups in total. The molecule has 0 aliphatic rings. The van der Waals surface area contributed by atoms with E-state index in [0.717, 1.165) is 114 Å². The molecule has 10 nitrogen and oxygen atoms in total. The molecule has 4 aromatic carbocycles. The summed E-state index contributed by atoms with van der Waals surface area (Å²) in [6.07, 6.45) is 99.4. The number of unbranched alkanes of at least 4 members (excludes halogenated alkanes) is 54. The van der Waals surface area contributed by atoms with E-state index in [1.54, 1.807) is 0 Å². The van der Waals surface area contributed by atoms with Crippen LogP contribution in [-0.2, 0) is 42.2 Å². The molecule has 4 aromatic rings. The number of aliphatic imine (C=N–C) groups is 2. The number of aromatic hydroxyl groups is 4. The minimum absolute atomic E-state index is 0. The van der Waals surface area contributed by atoms with Gasteiger partial charge >= 0.3 is 16.5 Å². The summed E-state index contributed by atoms with van der Waals surface area (Å²) in [5.74, 6) is -4.99. The summed E-state index contributed by atoms with van der Waals surface area (Å²) in [4.78, 5) is 32.7.